The van der Waals surface area contributed by atoms with E-state index in [-0.39, 0.29) is 5.75 Å². The van der Waals surface area contributed by atoms with Crippen molar-refractivity contribution in [3.05, 3.63) is 53.5 Å². The molecule has 0 aromatic heterocycles. The molecule has 1 aliphatic rings. The molecule has 0 heterocycles. The fourth-order valence-corrected chi connectivity index (χ4v) is 2.86. The van der Waals surface area contributed by atoms with Gasteiger partial charge in [0, 0.05) is 18.6 Å². The molecule has 0 radical (unpaired) electrons. The van der Waals surface area contributed by atoms with Gasteiger partial charge in [0.05, 0.1) is 5.71 Å². The van der Waals surface area contributed by atoms with Crippen molar-refractivity contribution in [3.63, 3.8) is 0 Å². The molecule has 1 atom stereocenters. The quantitative estimate of drug-likeness (QED) is 0.304. The molecule has 0 saturated heterocycles. The van der Waals surface area contributed by atoms with Gasteiger partial charge in [-0.1, -0.05) is 12.1 Å². The van der Waals surface area contributed by atoms with Gasteiger partial charge in [0.25, 0.3) is 0 Å². The molecule has 0 fully saturated rings. The number of aromatic hydroxyl groups is 1. The first-order valence-electron chi connectivity index (χ1n) is 6.67. The molecule has 7 N–H and O–H groups in total. The van der Waals surface area contributed by atoms with E-state index in [1.165, 1.54) is 24.3 Å². The Labute approximate surface area is 136 Å². The molecule has 24 heavy (non-hydrogen) atoms. The van der Waals surface area contributed by atoms with E-state index >= 15 is 0 Å². The van der Waals surface area contributed by atoms with Crippen molar-refractivity contribution in [2.45, 2.75) is 12.2 Å². The maximum atomic E-state index is 11.1. The number of nitrogens with zero attached hydrogens (tertiary/aromatic N) is 1. The van der Waals surface area contributed by atoms with Gasteiger partial charge < -0.3 is 35.3 Å². The molecular weight excluding hydrogens is 341 g/mol. The predicted molar refractivity (Wildman–Crippen MR) is 83.4 cm³/mol. The van der Waals surface area contributed by atoms with Crippen molar-refractivity contribution in [3.8, 4) is 5.75 Å². The van der Waals surface area contributed by atoms with Crippen LogP contribution in [0.25, 0.3) is 0 Å². The molecule has 2 rings (SSSR count). The summed E-state index contributed by atoms with van der Waals surface area (Å²) in [6.45, 7) is 0. The monoisotopic (exact) mass is 357 g/mol. The van der Waals surface area contributed by atoms with Crippen LogP contribution in [0.4, 0.5) is 0 Å². The summed E-state index contributed by atoms with van der Waals surface area (Å²) >= 11 is 0. The number of phenolic OH excluding ortho intramolecular Hbond substituents is 1. The summed E-state index contributed by atoms with van der Waals surface area (Å²) < 4.78 is 14.1. The highest BCUT2D eigenvalue weighted by Gasteiger charge is 2.43. The average Bonchev–Trinajstić information content (AvgIpc) is 2.37. The molecule has 130 valence electrons. The molecule has 1 aromatic rings. The highest BCUT2D eigenvalue weighted by atomic mass is 31.2. The van der Waals surface area contributed by atoms with E-state index in [1.807, 2.05) is 0 Å². The zero-order valence-corrected chi connectivity index (χ0v) is 13.1. The second kappa shape index (κ2) is 6.39. The van der Waals surface area contributed by atoms with Crippen molar-refractivity contribution < 1.29 is 39.9 Å². The van der Waals surface area contributed by atoms with Crippen LogP contribution in [0.15, 0.2) is 52.7 Å². The van der Waals surface area contributed by atoms with Gasteiger partial charge in [-0.25, -0.2) is 4.57 Å². The summed E-state index contributed by atoms with van der Waals surface area (Å²) in [4.78, 5) is 17.9. The maximum absolute atomic E-state index is 11.1. The highest BCUT2D eigenvalue weighted by Crippen LogP contribution is 2.40. The summed E-state index contributed by atoms with van der Waals surface area (Å²) in [5.74, 6) is -5.64. The Balaban J connectivity index is 2.41. The fourth-order valence-electron chi connectivity index (χ4n) is 2.39. The lowest BCUT2D eigenvalue weighted by Crippen LogP contribution is -2.46. The minimum Gasteiger partial charge on any atom is -0.511 e. The van der Waals surface area contributed by atoms with E-state index in [2.05, 4.69) is 4.76 Å². The summed E-state index contributed by atoms with van der Waals surface area (Å²) in [5.41, 5.74) is -0.204. The standard InChI is InChI=1S/C14H16NO8P/c16-9-3-1-8(2-4-9)7-14(19,20)13-11(15-24(21,22)23)5-10(17)6-12(13)18/h1-6,13,16-20H,7H2,(H2,21,22,23)/b15-11+. The predicted octanol–water partition coefficient (Wildman–Crippen LogP) is 0.663. The Morgan fingerprint density at radius 1 is 1.04 bits per heavy atom. The number of rotatable bonds is 4. The molecule has 0 spiro atoms. The van der Waals surface area contributed by atoms with Gasteiger partial charge in [0.15, 0.2) is 5.79 Å². The Bertz CT molecular complexity index is 759. The summed E-state index contributed by atoms with van der Waals surface area (Å²) in [6, 6.07) is 5.46. The van der Waals surface area contributed by atoms with Crippen LogP contribution in [0, 0.1) is 5.92 Å². The van der Waals surface area contributed by atoms with Crippen LogP contribution in [0.5, 0.6) is 5.75 Å². The Hall–Kier alpha value is -2.16. The fraction of sp³-hybridized carbons (Fsp3) is 0.214. The molecule has 10 heteroatoms. The van der Waals surface area contributed by atoms with Crippen LogP contribution in [0.1, 0.15) is 5.56 Å². The van der Waals surface area contributed by atoms with Gasteiger partial charge in [-0.05, 0) is 17.7 Å². The number of aliphatic hydroxyl groups is 4. The Morgan fingerprint density at radius 3 is 2.17 bits per heavy atom. The smallest absolute Gasteiger partial charge is 0.448 e. The molecule has 0 saturated carbocycles. The lowest BCUT2D eigenvalue weighted by atomic mass is 9.84. The minimum atomic E-state index is -4.94. The van der Waals surface area contributed by atoms with Gasteiger partial charge in [0.1, 0.15) is 23.2 Å². The first-order valence-corrected chi connectivity index (χ1v) is 8.24. The molecule has 0 aliphatic heterocycles. The van der Waals surface area contributed by atoms with Gasteiger partial charge in [0.2, 0.25) is 0 Å². The van der Waals surface area contributed by atoms with Crippen LogP contribution in [0.2, 0.25) is 0 Å². The Morgan fingerprint density at radius 2 is 1.62 bits per heavy atom. The SMILES string of the molecule is O=P(O)(O)/N=C1\C=C(O)C=C(O)C1C(O)(O)Cc1ccc(O)cc1. The second-order valence-electron chi connectivity index (χ2n) is 5.33. The third kappa shape index (κ3) is 4.44. The normalized spacial score (nSPS) is 20.7. The maximum Gasteiger partial charge on any atom is 0.448 e. The largest absolute Gasteiger partial charge is 0.511 e. The first kappa shape index (κ1) is 18.2. The molecule has 0 bridgehead atoms. The number of benzene rings is 1. The lowest BCUT2D eigenvalue weighted by molar-refractivity contribution is -0.179. The third-order valence-electron chi connectivity index (χ3n) is 3.29. The van der Waals surface area contributed by atoms with Crippen molar-refractivity contribution in [2.75, 3.05) is 0 Å². The van der Waals surface area contributed by atoms with E-state index in [4.69, 9.17) is 9.79 Å². The van der Waals surface area contributed by atoms with E-state index in [0.717, 1.165) is 12.2 Å². The van der Waals surface area contributed by atoms with Crippen molar-refractivity contribution >= 4 is 13.5 Å². The van der Waals surface area contributed by atoms with E-state index in [9.17, 15) is 30.1 Å². The summed E-state index contributed by atoms with van der Waals surface area (Å²) in [7, 11) is -4.94. The number of hydrogen-bond acceptors (Lipinski definition) is 6. The zero-order chi connectivity index (χ0) is 18.1. The lowest BCUT2D eigenvalue weighted by Gasteiger charge is -2.32. The van der Waals surface area contributed by atoms with Gasteiger partial charge in [-0.2, -0.15) is 4.76 Å². The zero-order valence-electron chi connectivity index (χ0n) is 12.2. The van der Waals surface area contributed by atoms with Gasteiger partial charge >= 0.3 is 7.75 Å². The van der Waals surface area contributed by atoms with Crippen LogP contribution in [-0.2, 0) is 11.0 Å². The third-order valence-corrected chi connectivity index (χ3v) is 3.78. The van der Waals surface area contributed by atoms with E-state index in [0.29, 0.717) is 5.56 Å². The van der Waals surface area contributed by atoms with Gasteiger partial charge in [-0.15, -0.1) is 0 Å². The molecule has 1 unspecified atom stereocenters. The molecule has 1 aromatic carbocycles. The summed E-state index contributed by atoms with van der Waals surface area (Å²) in [5, 5.41) is 49.3. The van der Waals surface area contributed by atoms with Crippen LogP contribution < -0.4 is 0 Å². The van der Waals surface area contributed by atoms with Crippen LogP contribution in [0.3, 0.4) is 0 Å². The van der Waals surface area contributed by atoms with Crippen LogP contribution >= 0.6 is 7.75 Å². The summed E-state index contributed by atoms with van der Waals surface area (Å²) in [6.07, 6.45) is 1.20. The Kier molecular flexibility index (Phi) is 4.84. The van der Waals surface area contributed by atoms with E-state index < -0.39 is 43.1 Å². The number of hydrogen-bond donors (Lipinski definition) is 7. The van der Waals surface area contributed by atoms with Crippen molar-refractivity contribution in [1.82, 2.24) is 0 Å². The molecule has 9 nitrogen and oxygen atoms in total. The molecular formula is C14H16NO8P. The number of allylic oxidation sites excluding steroid dienone is 2. The van der Waals surface area contributed by atoms with E-state index in [1.54, 1.807) is 0 Å². The number of phenols is 1. The topological polar surface area (TPSA) is 171 Å². The van der Waals surface area contributed by atoms with Gasteiger partial charge in [-0.3, -0.25) is 0 Å². The average molecular weight is 357 g/mol. The number of aliphatic hydroxyl groups excluding tert-OH is 2. The highest BCUT2D eigenvalue weighted by molar-refractivity contribution is 7.50. The second-order valence-corrected chi connectivity index (χ2v) is 6.56. The van der Waals surface area contributed by atoms with Crippen molar-refractivity contribution in [2.24, 2.45) is 10.7 Å². The van der Waals surface area contributed by atoms with Crippen LogP contribution in [-0.4, -0.2) is 46.8 Å². The van der Waals surface area contributed by atoms with Crippen molar-refractivity contribution in [1.29, 1.82) is 0 Å². The molecule has 1 aliphatic carbocycles. The minimum absolute atomic E-state index is 0.0303. The molecule has 0 amide bonds. The first-order chi connectivity index (χ1) is 11.0.